The summed E-state index contributed by atoms with van der Waals surface area (Å²) in [5, 5.41) is 2.57. The molecular weight excluding hydrogens is 384 g/mol. The van der Waals surface area contributed by atoms with Crippen LogP contribution in [0.2, 0.25) is 0 Å². The van der Waals surface area contributed by atoms with Crippen molar-refractivity contribution >= 4 is 26.7 Å². The van der Waals surface area contributed by atoms with Crippen LogP contribution in [0.15, 0.2) is 65.8 Å². The molecule has 1 atom stereocenters. The molecule has 1 aliphatic rings. The summed E-state index contributed by atoms with van der Waals surface area (Å²) in [5.74, 6) is 0.990. The van der Waals surface area contributed by atoms with Gasteiger partial charge in [0.05, 0.1) is 10.4 Å². The standard InChI is InChI=1S/C22H26N4O2S/c1-17(18-10-4-2-5-11-18)26(25-29(27,28)19-12-6-3-7-13-19)22-20-14-8-9-15-21(20)23-16-24-22/h3,6-9,12-18,25H,2,4-5,10-11H2,1H3. The normalized spacial score (nSPS) is 16.6. The summed E-state index contributed by atoms with van der Waals surface area (Å²) < 4.78 is 26.3. The molecule has 4 rings (SSSR count). The fraction of sp³-hybridized carbons (Fsp3) is 0.364. The maximum absolute atomic E-state index is 13.1. The molecule has 0 spiro atoms. The average molecular weight is 411 g/mol. The summed E-state index contributed by atoms with van der Waals surface area (Å²) in [5.41, 5.74) is 0.789. The lowest BCUT2D eigenvalue weighted by Crippen LogP contribution is -2.51. The topological polar surface area (TPSA) is 75.2 Å². The Kier molecular flexibility index (Phi) is 5.78. The van der Waals surface area contributed by atoms with Gasteiger partial charge in [-0.1, -0.05) is 49.6 Å². The molecule has 29 heavy (non-hydrogen) atoms. The Morgan fingerprint density at radius 1 is 0.966 bits per heavy atom. The summed E-state index contributed by atoms with van der Waals surface area (Å²) >= 11 is 0. The van der Waals surface area contributed by atoms with Gasteiger partial charge in [0.1, 0.15) is 6.33 Å². The predicted molar refractivity (Wildman–Crippen MR) is 115 cm³/mol. The van der Waals surface area contributed by atoms with E-state index in [1.165, 1.54) is 25.6 Å². The summed E-state index contributed by atoms with van der Waals surface area (Å²) in [7, 11) is -3.74. The average Bonchev–Trinajstić information content (AvgIpc) is 2.78. The Morgan fingerprint density at radius 3 is 2.41 bits per heavy atom. The van der Waals surface area contributed by atoms with Crippen LogP contribution in [0, 0.1) is 5.92 Å². The van der Waals surface area contributed by atoms with Gasteiger partial charge in [0, 0.05) is 11.4 Å². The van der Waals surface area contributed by atoms with Crippen molar-refractivity contribution in [3.05, 3.63) is 60.9 Å². The van der Waals surface area contributed by atoms with Gasteiger partial charge in [0.25, 0.3) is 10.0 Å². The molecule has 0 radical (unpaired) electrons. The number of anilines is 1. The zero-order chi connectivity index (χ0) is 20.3. The van der Waals surface area contributed by atoms with Gasteiger partial charge in [-0.2, -0.15) is 0 Å². The number of nitrogens with zero attached hydrogens (tertiary/aromatic N) is 3. The van der Waals surface area contributed by atoms with Crippen LogP contribution < -0.4 is 9.84 Å². The van der Waals surface area contributed by atoms with Crippen molar-refractivity contribution in [2.75, 3.05) is 5.01 Å². The summed E-state index contributed by atoms with van der Waals surface area (Å²) in [4.78, 5) is 11.9. The molecule has 0 amide bonds. The minimum Gasteiger partial charge on any atom is -0.274 e. The minimum absolute atomic E-state index is 0.0351. The van der Waals surface area contributed by atoms with Gasteiger partial charge in [-0.25, -0.2) is 18.4 Å². The van der Waals surface area contributed by atoms with Crippen LogP contribution in [-0.4, -0.2) is 24.4 Å². The van der Waals surface area contributed by atoms with Crippen LogP contribution in [0.3, 0.4) is 0 Å². The van der Waals surface area contributed by atoms with E-state index in [2.05, 4.69) is 21.7 Å². The van der Waals surface area contributed by atoms with E-state index in [9.17, 15) is 8.42 Å². The largest absolute Gasteiger partial charge is 0.274 e. The quantitative estimate of drug-likeness (QED) is 0.613. The lowest BCUT2D eigenvalue weighted by molar-refractivity contribution is 0.300. The first-order valence-corrected chi connectivity index (χ1v) is 11.6. The van der Waals surface area contributed by atoms with Gasteiger partial charge in [-0.15, -0.1) is 4.83 Å². The van der Waals surface area contributed by atoms with E-state index >= 15 is 0 Å². The first-order chi connectivity index (χ1) is 14.1. The number of hydrazine groups is 1. The molecule has 3 aromatic rings. The smallest absolute Gasteiger partial charge is 0.257 e. The number of nitrogens with one attached hydrogen (secondary N) is 1. The zero-order valence-electron chi connectivity index (χ0n) is 16.5. The van der Waals surface area contributed by atoms with Gasteiger partial charge in [0.2, 0.25) is 0 Å². The number of benzene rings is 2. The molecule has 1 saturated carbocycles. The molecule has 1 aliphatic carbocycles. The third-order valence-electron chi connectivity index (χ3n) is 5.76. The number of aromatic nitrogens is 2. The van der Waals surface area contributed by atoms with E-state index in [0.29, 0.717) is 11.7 Å². The molecule has 152 valence electrons. The third kappa shape index (κ3) is 4.26. The molecule has 2 aromatic carbocycles. The molecule has 1 fully saturated rings. The number of rotatable bonds is 6. The molecule has 1 aromatic heterocycles. The Bertz CT molecular complexity index is 1060. The van der Waals surface area contributed by atoms with Crippen LogP contribution in [-0.2, 0) is 10.0 Å². The highest BCUT2D eigenvalue weighted by Gasteiger charge is 2.30. The highest BCUT2D eigenvalue weighted by Crippen LogP contribution is 2.32. The number of hydrogen-bond acceptors (Lipinski definition) is 5. The maximum Gasteiger partial charge on any atom is 0.257 e. The van der Waals surface area contributed by atoms with Gasteiger partial charge < -0.3 is 0 Å². The number of sulfonamides is 1. The second kappa shape index (κ2) is 8.47. The zero-order valence-corrected chi connectivity index (χ0v) is 17.3. The van der Waals surface area contributed by atoms with Crippen molar-refractivity contribution in [3.63, 3.8) is 0 Å². The van der Waals surface area contributed by atoms with Crippen molar-refractivity contribution in [1.29, 1.82) is 0 Å². The summed E-state index contributed by atoms with van der Waals surface area (Å²) in [6.45, 7) is 2.08. The second-order valence-electron chi connectivity index (χ2n) is 7.63. The van der Waals surface area contributed by atoms with E-state index in [4.69, 9.17) is 0 Å². The van der Waals surface area contributed by atoms with Crippen LogP contribution in [0.5, 0.6) is 0 Å². The van der Waals surface area contributed by atoms with E-state index in [1.54, 1.807) is 35.3 Å². The fourth-order valence-electron chi connectivity index (χ4n) is 4.11. The molecule has 0 aliphatic heterocycles. The fourth-order valence-corrected chi connectivity index (χ4v) is 5.24. The van der Waals surface area contributed by atoms with Crippen LogP contribution in [0.4, 0.5) is 5.82 Å². The monoisotopic (exact) mass is 410 g/mol. The van der Waals surface area contributed by atoms with E-state index < -0.39 is 10.0 Å². The van der Waals surface area contributed by atoms with Crippen molar-refractivity contribution in [1.82, 2.24) is 14.8 Å². The van der Waals surface area contributed by atoms with Crippen molar-refractivity contribution in [2.45, 2.75) is 50.0 Å². The van der Waals surface area contributed by atoms with Gasteiger partial charge in [-0.3, -0.25) is 5.01 Å². The van der Waals surface area contributed by atoms with E-state index in [0.717, 1.165) is 23.7 Å². The molecule has 7 heteroatoms. The number of fused-ring (bicyclic) bond motifs is 1. The first-order valence-electron chi connectivity index (χ1n) is 10.1. The highest BCUT2D eigenvalue weighted by atomic mass is 32.2. The first kappa shape index (κ1) is 19.8. The molecule has 0 saturated heterocycles. The van der Waals surface area contributed by atoms with Gasteiger partial charge in [-0.05, 0) is 49.9 Å². The van der Waals surface area contributed by atoms with Gasteiger partial charge in [0.15, 0.2) is 5.82 Å². The molecule has 1 unspecified atom stereocenters. The van der Waals surface area contributed by atoms with Crippen LogP contribution in [0.25, 0.3) is 10.9 Å². The minimum atomic E-state index is -3.74. The number of hydrogen-bond donors (Lipinski definition) is 1. The van der Waals surface area contributed by atoms with Gasteiger partial charge >= 0.3 is 0 Å². The molecule has 6 nitrogen and oxygen atoms in total. The third-order valence-corrected chi connectivity index (χ3v) is 7.09. The second-order valence-corrected chi connectivity index (χ2v) is 9.29. The Morgan fingerprint density at radius 2 is 1.66 bits per heavy atom. The van der Waals surface area contributed by atoms with Crippen LogP contribution in [0.1, 0.15) is 39.0 Å². The maximum atomic E-state index is 13.1. The Balaban J connectivity index is 1.77. The Hall–Kier alpha value is -2.51. The lowest BCUT2D eigenvalue weighted by atomic mass is 9.84. The molecule has 1 heterocycles. The van der Waals surface area contributed by atoms with Crippen molar-refractivity contribution in [3.8, 4) is 0 Å². The highest BCUT2D eigenvalue weighted by molar-refractivity contribution is 7.89. The van der Waals surface area contributed by atoms with Crippen molar-refractivity contribution in [2.24, 2.45) is 5.92 Å². The molecule has 1 N–H and O–H groups in total. The Labute approximate surface area is 172 Å². The van der Waals surface area contributed by atoms with E-state index in [1.807, 2.05) is 24.3 Å². The SMILES string of the molecule is CC(C1CCCCC1)N(NS(=O)(=O)c1ccccc1)c1ncnc2ccccc12. The van der Waals surface area contributed by atoms with Crippen LogP contribution >= 0.6 is 0 Å². The lowest BCUT2D eigenvalue weighted by Gasteiger charge is -2.37. The van der Waals surface area contributed by atoms with E-state index in [-0.39, 0.29) is 10.9 Å². The number of para-hydroxylation sites is 1. The summed E-state index contributed by atoms with van der Waals surface area (Å²) in [6.07, 6.45) is 7.28. The molecular formula is C22H26N4O2S. The molecule has 0 bridgehead atoms. The predicted octanol–water partition coefficient (Wildman–Crippen LogP) is 4.30. The van der Waals surface area contributed by atoms with Crippen molar-refractivity contribution < 1.29 is 8.42 Å². The summed E-state index contributed by atoms with van der Waals surface area (Å²) in [6, 6.07) is 16.1.